The first-order chi connectivity index (χ1) is 8.70. The lowest BCUT2D eigenvalue weighted by Gasteiger charge is -2.18. The van der Waals surface area contributed by atoms with Crippen LogP contribution in [0.25, 0.3) is 0 Å². The van der Waals surface area contributed by atoms with Gasteiger partial charge in [-0.3, -0.25) is 9.67 Å². The Morgan fingerprint density at radius 3 is 2.94 bits per heavy atom. The third kappa shape index (κ3) is 3.05. The van der Waals surface area contributed by atoms with E-state index in [0.717, 1.165) is 24.2 Å². The Balaban J connectivity index is 2.20. The Kier molecular flexibility index (Phi) is 4.28. The molecule has 0 radical (unpaired) electrons. The minimum atomic E-state index is 0.127. The number of aryl methyl sites for hydroxylation is 1. The molecule has 1 unspecified atom stereocenters. The number of hydrogen-bond donors (Lipinski definition) is 1. The summed E-state index contributed by atoms with van der Waals surface area (Å²) < 4.78 is 1.70. The Labute approximate surface area is 111 Å². The van der Waals surface area contributed by atoms with E-state index >= 15 is 0 Å². The highest BCUT2D eigenvalue weighted by Gasteiger charge is 2.15. The van der Waals surface area contributed by atoms with E-state index in [1.165, 1.54) is 0 Å². The lowest BCUT2D eigenvalue weighted by Crippen LogP contribution is -2.23. The van der Waals surface area contributed by atoms with Crippen molar-refractivity contribution in [3.05, 3.63) is 40.9 Å². The molecule has 2 aromatic rings. The molecule has 0 amide bonds. The van der Waals surface area contributed by atoms with Gasteiger partial charge >= 0.3 is 0 Å². The van der Waals surface area contributed by atoms with Gasteiger partial charge in [0.05, 0.1) is 10.7 Å². The Bertz CT molecular complexity index is 511. The van der Waals surface area contributed by atoms with Crippen molar-refractivity contribution in [2.45, 2.75) is 19.4 Å². The van der Waals surface area contributed by atoms with Crippen LogP contribution in [-0.4, -0.2) is 26.5 Å². The molecule has 1 N–H and O–H groups in total. The van der Waals surface area contributed by atoms with E-state index in [1.807, 2.05) is 19.3 Å². The van der Waals surface area contributed by atoms with Gasteiger partial charge in [0.15, 0.2) is 0 Å². The molecule has 2 rings (SSSR count). The molecule has 0 bridgehead atoms. The first kappa shape index (κ1) is 13.0. The molecule has 0 aliphatic carbocycles. The fourth-order valence-electron chi connectivity index (χ4n) is 1.90. The summed E-state index contributed by atoms with van der Waals surface area (Å²) >= 11 is 6.18. The average Bonchev–Trinajstić information content (AvgIpc) is 2.75. The smallest absolute Gasteiger partial charge is 0.0845 e. The summed E-state index contributed by atoms with van der Waals surface area (Å²) in [5, 5.41) is 12.1. The number of aromatic nitrogens is 4. The van der Waals surface area contributed by atoms with Crippen LogP contribution in [0.1, 0.15) is 24.2 Å². The SMILES string of the molecule is CCNC(Cc1cn(C)nn1)c1ccncc1Cl. The Hall–Kier alpha value is -1.46. The van der Waals surface area contributed by atoms with Crippen molar-refractivity contribution in [2.75, 3.05) is 6.54 Å². The quantitative estimate of drug-likeness (QED) is 0.895. The zero-order valence-corrected chi connectivity index (χ0v) is 11.2. The number of nitrogens with one attached hydrogen (secondary N) is 1. The first-order valence-corrected chi connectivity index (χ1v) is 6.26. The maximum Gasteiger partial charge on any atom is 0.0845 e. The van der Waals surface area contributed by atoms with E-state index in [4.69, 9.17) is 11.6 Å². The van der Waals surface area contributed by atoms with Crippen LogP contribution in [0.3, 0.4) is 0 Å². The van der Waals surface area contributed by atoms with Crippen molar-refractivity contribution in [3.8, 4) is 0 Å². The minimum absolute atomic E-state index is 0.127. The molecule has 0 fully saturated rings. The average molecular weight is 266 g/mol. The molecule has 0 saturated heterocycles. The van der Waals surface area contributed by atoms with Gasteiger partial charge in [-0.1, -0.05) is 23.7 Å². The van der Waals surface area contributed by atoms with Gasteiger partial charge in [0.2, 0.25) is 0 Å². The van der Waals surface area contributed by atoms with Crippen molar-refractivity contribution in [3.63, 3.8) is 0 Å². The predicted octanol–water partition coefficient (Wildman–Crippen LogP) is 1.76. The second-order valence-electron chi connectivity index (χ2n) is 4.10. The van der Waals surface area contributed by atoms with Crippen molar-refractivity contribution in [2.24, 2.45) is 7.05 Å². The number of halogens is 1. The third-order valence-corrected chi connectivity index (χ3v) is 3.01. The lowest BCUT2D eigenvalue weighted by molar-refractivity contribution is 0.543. The lowest BCUT2D eigenvalue weighted by atomic mass is 10.0. The van der Waals surface area contributed by atoms with Crippen LogP contribution in [0.15, 0.2) is 24.7 Å². The third-order valence-electron chi connectivity index (χ3n) is 2.69. The number of nitrogens with zero attached hydrogens (tertiary/aromatic N) is 4. The summed E-state index contributed by atoms with van der Waals surface area (Å²) in [4.78, 5) is 4.01. The van der Waals surface area contributed by atoms with E-state index < -0.39 is 0 Å². The van der Waals surface area contributed by atoms with E-state index in [1.54, 1.807) is 17.1 Å². The summed E-state index contributed by atoms with van der Waals surface area (Å²) in [5.41, 5.74) is 1.98. The molecule has 0 aliphatic heterocycles. The van der Waals surface area contributed by atoms with Gasteiger partial charge in [0.1, 0.15) is 0 Å². The highest BCUT2D eigenvalue weighted by Crippen LogP contribution is 2.24. The minimum Gasteiger partial charge on any atom is -0.310 e. The van der Waals surface area contributed by atoms with Crippen molar-refractivity contribution in [1.29, 1.82) is 0 Å². The summed E-state index contributed by atoms with van der Waals surface area (Å²) in [5.74, 6) is 0. The van der Waals surface area contributed by atoms with Crippen molar-refractivity contribution in [1.82, 2.24) is 25.3 Å². The molecule has 2 aromatic heterocycles. The summed E-state index contributed by atoms with van der Waals surface area (Å²) in [6.45, 7) is 2.93. The fourth-order valence-corrected chi connectivity index (χ4v) is 2.16. The monoisotopic (exact) mass is 265 g/mol. The van der Waals surface area contributed by atoms with Gasteiger partial charge in [-0.25, -0.2) is 0 Å². The number of likely N-dealkylation sites (N-methyl/N-ethyl adjacent to an activating group) is 1. The molecular weight excluding hydrogens is 250 g/mol. The van der Waals surface area contributed by atoms with Crippen LogP contribution >= 0.6 is 11.6 Å². The van der Waals surface area contributed by atoms with Gasteiger partial charge in [-0.2, -0.15) is 0 Å². The van der Waals surface area contributed by atoms with Gasteiger partial charge in [0, 0.05) is 38.1 Å². The van der Waals surface area contributed by atoms with E-state index in [0.29, 0.717) is 5.02 Å². The zero-order chi connectivity index (χ0) is 13.0. The Morgan fingerprint density at radius 1 is 1.50 bits per heavy atom. The molecule has 0 aliphatic rings. The van der Waals surface area contributed by atoms with Crippen molar-refractivity contribution < 1.29 is 0 Å². The van der Waals surface area contributed by atoms with Crippen LogP contribution in [0.4, 0.5) is 0 Å². The summed E-state index contributed by atoms with van der Waals surface area (Å²) in [6.07, 6.45) is 6.09. The highest BCUT2D eigenvalue weighted by atomic mass is 35.5. The second kappa shape index (κ2) is 5.93. The number of hydrogen-bond acceptors (Lipinski definition) is 4. The molecule has 6 heteroatoms. The normalized spacial score (nSPS) is 12.6. The van der Waals surface area contributed by atoms with Crippen LogP contribution in [-0.2, 0) is 13.5 Å². The standard InChI is InChI=1S/C12H16ClN5/c1-3-15-12(6-9-8-18(2)17-16-9)10-4-5-14-7-11(10)13/h4-5,7-8,12,15H,3,6H2,1-2H3. The number of rotatable bonds is 5. The second-order valence-corrected chi connectivity index (χ2v) is 4.50. The fraction of sp³-hybridized carbons (Fsp3) is 0.417. The molecule has 1 atom stereocenters. The molecular formula is C12H16ClN5. The van der Waals surface area contributed by atoms with Crippen LogP contribution in [0, 0.1) is 0 Å². The van der Waals surface area contributed by atoms with Gasteiger partial charge < -0.3 is 5.32 Å². The topological polar surface area (TPSA) is 55.6 Å². The molecule has 18 heavy (non-hydrogen) atoms. The molecule has 0 saturated carbocycles. The molecule has 96 valence electrons. The molecule has 0 spiro atoms. The van der Waals surface area contributed by atoms with Crippen molar-refractivity contribution >= 4 is 11.6 Å². The highest BCUT2D eigenvalue weighted by molar-refractivity contribution is 6.31. The molecule has 2 heterocycles. The van der Waals surface area contributed by atoms with Gasteiger partial charge in [-0.05, 0) is 18.2 Å². The van der Waals surface area contributed by atoms with Crippen LogP contribution < -0.4 is 5.32 Å². The van der Waals surface area contributed by atoms with E-state index in [9.17, 15) is 0 Å². The van der Waals surface area contributed by atoms with Gasteiger partial charge in [-0.15, -0.1) is 5.10 Å². The van der Waals surface area contributed by atoms with Gasteiger partial charge in [0.25, 0.3) is 0 Å². The Morgan fingerprint density at radius 2 is 2.33 bits per heavy atom. The summed E-state index contributed by atoms with van der Waals surface area (Å²) in [6, 6.07) is 2.06. The van der Waals surface area contributed by atoms with Crippen LogP contribution in [0.5, 0.6) is 0 Å². The molecule has 5 nitrogen and oxygen atoms in total. The largest absolute Gasteiger partial charge is 0.310 e. The number of pyridine rings is 1. The maximum absolute atomic E-state index is 6.18. The van der Waals surface area contributed by atoms with E-state index in [-0.39, 0.29) is 6.04 Å². The summed E-state index contributed by atoms with van der Waals surface area (Å²) in [7, 11) is 1.86. The molecule has 0 aromatic carbocycles. The first-order valence-electron chi connectivity index (χ1n) is 5.88. The van der Waals surface area contributed by atoms with E-state index in [2.05, 4.69) is 27.5 Å². The maximum atomic E-state index is 6.18. The van der Waals surface area contributed by atoms with Crippen LogP contribution in [0.2, 0.25) is 5.02 Å². The zero-order valence-electron chi connectivity index (χ0n) is 10.5. The predicted molar refractivity (Wildman–Crippen MR) is 70.4 cm³/mol.